The number of methoxy groups -OCH3 is 1. The summed E-state index contributed by atoms with van der Waals surface area (Å²) in [6.45, 7) is 1.78. The predicted octanol–water partition coefficient (Wildman–Crippen LogP) is 5.19. The third-order valence-corrected chi connectivity index (χ3v) is 5.49. The molecule has 1 heterocycles. The standard InChI is InChI=1S/C23H21BrFNO4/c1-27-21-9-7-19(24)18(23(21)28-13-15-2-5-17(25)6-3-15)12-26-11-16-4-8-20-22(10-16)30-14-29-20/h2-10,26H,11-14H2,1H3. The lowest BCUT2D eigenvalue weighted by atomic mass is 10.1. The first-order valence-corrected chi connectivity index (χ1v) is 10.2. The second-order valence-electron chi connectivity index (χ2n) is 6.76. The Morgan fingerprint density at radius 2 is 1.73 bits per heavy atom. The van der Waals surface area contributed by atoms with Gasteiger partial charge in [0.25, 0.3) is 0 Å². The fourth-order valence-electron chi connectivity index (χ4n) is 3.18. The molecule has 0 radical (unpaired) electrons. The van der Waals surface area contributed by atoms with E-state index in [4.69, 9.17) is 18.9 Å². The normalized spacial score (nSPS) is 12.1. The van der Waals surface area contributed by atoms with Crippen LogP contribution in [0.2, 0.25) is 0 Å². The van der Waals surface area contributed by atoms with E-state index in [1.54, 1.807) is 19.2 Å². The minimum absolute atomic E-state index is 0.262. The Labute approximate surface area is 182 Å². The lowest BCUT2D eigenvalue weighted by molar-refractivity contribution is 0.174. The van der Waals surface area contributed by atoms with Gasteiger partial charge in [0.1, 0.15) is 12.4 Å². The van der Waals surface area contributed by atoms with Gasteiger partial charge in [-0.05, 0) is 47.5 Å². The average molecular weight is 474 g/mol. The van der Waals surface area contributed by atoms with Crippen molar-refractivity contribution in [1.29, 1.82) is 0 Å². The van der Waals surface area contributed by atoms with Crippen molar-refractivity contribution in [3.05, 3.63) is 81.6 Å². The smallest absolute Gasteiger partial charge is 0.231 e. The van der Waals surface area contributed by atoms with E-state index < -0.39 is 0 Å². The summed E-state index contributed by atoms with van der Waals surface area (Å²) >= 11 is 3.61. The van der Waals surface area contributed by atoms with Gasteiger partial charge in [0, 0.05) is 23.1 Å². The Kier molecular flexibility index (Phi) is 6.40. The second-order valence-corrected chi connectivity index (χ2v) is 7.62. The molecule has 3 aromatic rings. The summed E-state index contributed by atoms with van der Waals surface area (Å²) in [6.07, 6.45) is 0. The highest BCUT2D eigenvalue weighted by Crippen LogP contribution is 2.37. The number of ether oxygens (including phenoxy) is 4. The number of hydrogen-bond donors (Lipinski definition) is 1. The molecule has 5 nitrogen and oxygen atoms in total. The van der Waals surface area contributed by atoms with Gasteiger partial charge in [-0.1, -0.05) is 34.1 Å². The summed E-state index contributed by atoms with van der Waals surface area (Å²) in [5.41, 5.74) is 2.90. The molecule has 0 fully saturated rings. The molecule has 0 bridgehead atoms. The number of rotatable bonds is 8. The second kappa shape index (κ2) is 9.36. The molecular formula is C23H21BrFNO4. The number of benzene rings is 3. The molecule has 1 aliphatic heterocycles. The van der Waals surface area contributed by atoms with Crippen LogP contribution in [0.1, 0.15) is 16.7 Å². The minimum atomic E-state index is -0.271. The predicted molar refractivity (Wildman–Crippen MR) is 115 cm³/mol. The van der Waals surface area contributed by atoms with E-state index in [2.05, 4.69) is 21.2 Å². The molecule has 156 valence electrons. The third kappa shape index (κ3) is 4.68. The van der Waals surface area contributed by atoms with Crippen molar-refractivity contribution in [2.24, 2.45) is 0 Å². The van der Waals surface area contributed by atoms with Crippen LogP contribution in [0, 0.1) is 5.82 Å². The van der Waals surface area contributed by atoms with Gasteiger partial charge < -0.3 is 24.3 Å². The zero-order valence-electron chi connectivity index (χ0n) is 16.4. The largest absolute Gasteiger partial charge is 0.493 e. The fourth-order valence-corrected chi connectivity index (χ4v) is 3.64. The summed E-state index contributed by atoms with van der Waals surface area (Å²) in [5.74, 6) is 2.55. The summed E-state index contributed by atoms with van der Waals surface area (Å²) in [6, 6.07) is 15.9. The van der Waals surface area contributed by atoms with Crippen molar-refractivity contribution in [2.75, 3.05) is 13.9 Å². The highest BCUT2D eigenvalue weighted by molar-refractivity contribution is 9.10. The van der Waals surface area contributed by atoms with Gasteiger partial charge in [-0.2, -0.15) is 0 Å². The molecule has 1 aliphatic rings. The Morgan fingerprint density at radius 3 is 2.53 bits per heavy atom. The number of halogens is 2. The monoisotopic (exact) mass is 473 g/mol. The lowest BCUT2D eigenvalue weighted by Gasteiger charge is -2.17. The van der Waals surface area contributed by atoms with Crippen LogP contribution in [-0.4, -0.2) is 13.9 Å². The third-order valence-electron chi connectivity index (χ3n) is 4.75. The van der Waals surface area contributed by atoms with Gasteiger partial charge >= 0.3 is 0 Å². The van der Waals surface area contributed by atoms with Crippen LogP contribution in [0.4, 0.5) is 4.39 Å². The van der Waals surface area contributed by atoms with Crippen LogP contribution >= 0.6 is 15.9 Å². The van der Waals surface area contributed by atoms with Crippen molar-refractivity contribution < 1.29 is 23.3 Å². The summed E-state index contributed by atoms with van der Waals surface area (Å²) in [4.78, 5) is 0. The zero-order chi connectivity index (χ0) is 20.9. The van der Waals surface area contributed by atoms with Gasteiger partial charge in [0.15, 0.2) is 23.0 Å². The quantitative estimate of drug-likeness (QED) is 0.487. The van der Waals surface area contributed by atoms with Crippen molar-refractivity contribution in [2.45, 2.75) is 19.7 Å². The Morgan fingerprint density at radius 1 is 0.967 bits per heavy atom. The molecular weight excluding hydrogens is 453 g/mol. The highest BCUT2D eigenvalue weighted by Gasteiger charge is 2.16. The first-order valence-electron chi connectivity index (χ1n) is 9.46. The topological polar surface area (TPSA) is 49.0 Å². The first-order chi connectivity index (χ1) is 14.6. The van der Waals surface area contributed by atoms with E-state index in [0.717, 1.165) is 32.7 Å². The van der Waals surface area contributed by atoms with Crippen molar-refractivity contribution >= 4 is 15.9 Å². The SMILES string of the molecule is COc1ccc(Br)c(CNCc2ccc3c(c2)OCO3)c1OCc1ccc(F)cc1. The molecule has 3 aromatic carbocycles. The Balaban J connectivity index is 1.46. The number of hydrogen-bond acceptors (Lipinski definition) is 5. The Hall–Kier alpha value is -2.77. The highest BCUT2D eigenvalue weighted by atomic mass is 79.9. The van der Waals surface area contributed by atoms with Gasteiger partial charge in [-0.3, -0.25) is 0 Å². The van der Waals surface area contributed by atoms with Crippen LogP contribution in [-0.2, 0) is 19.7 Å². The zero-order valence-corrected chi connectivity index (χ0v) is 18.0. The summed E-state index contributed by atoms with van der Waals surface area (Å²) < 4.78 is 36.4. The van der Waals surface area contributed by atoms with Crippen molar-refractivity contribution in [3.8, 4) is 23.0 Å². The van der Waals surface area contributed by atoms with E-state index >= 15 is 0 Å². The molecule has 0 aliphatic carbocycles. The van der Waals surface area contributed by atoms with E-state index in [1.165, 1.54) is 12.1 Å². The number of fused-ring (bicyclic) bond motifs is 1. The molecule has 0 aromatic heterocycles. The van der Waals surface area contributed by atoms with E-state index in [9.17, 15) is 4.39 Å². The maximum Gasteiger partial charge on any atom is 0.231 e. The van der Waals surface area contributed by atoms with Crippen LogP contribution < -0.4 is 24.3 Å². The van der Waals surface area contributed by atoms with E-state index in [0.29, 0.717) is 31.2 Å². The van der Waals surface area contributed by atoms with Crippen LogP contribution in [0.25, 0.3) is 0 Å². The molecule has 0 unspecified atom stereocenters. The summed E-state index contributed by atoms with van der Waals surface area (Å²) in [5, 5.41) is 3.44. The maximum absolute atomic E-state index is 13.1. The van der Waals surface area contributed by atoms with Gasteiger partial charge in [-0.25, -0.2) is 4.39 Å². The fraction of sp³-hybridized carbons (Fsp3) is 0.217. The minimum Gasteiger partial charge on any atom is -0.493 e. The van der Waals surface area contributed by atoms with Crippen molar-refractivity contribution in [1.82, 2.24) is 5.32 Å². The molecule has 0 saturated carbocycles. The molecule has 30 heavy (non-hydrogen) atoms. The maximum atomic E-state index is 13.1. The Bertz CT molecular complexity index is 1030. The van der Waals surface area contributed by atoms with Crippen LogP contribution in [0.5, 0.6) is 23.0 Å². The van der Waals surface area contributed by atoms with Crippen LogP contribution in [0.3, 0.4) is 0 Å². The molecule has 0 saturated heterocycles. The summed E-state index contributed by atoms with van der Waals surface area (Å²) in [7, 11) is 1.61. The molecule has 0 spiro atoms. The van der Waals surface area contributed by atoms with Crippen molar-refractivity contribution in [3.63, 3.8) is 0 Å². The molecule has 0 amide bonds. The number of nitrogens with one attached hydrogen (secondary N) is 1. The molecule has 0 atom stereocenters. The van der Waals surface area contributed by atoms with E-state index in [1.807, 2.05) is 30.3 Å². The lowest BCUT2D eigenvalue weighted by Crippen LogP contribution is -2.14. The molecule has 7 heteroatoms. The van der Waals surface area contributed by atoms with Crippen LogP contribution in [0.15, 0.2) is 59.1 Å². The van der Waals surface area contributed by atoms with Gasteiger partial charge in [0.2, 0.25) is 6.79 Å². The average Bonchev–Trinajstić information content (AvgIpc) is 3.23. The van der Waals surface area contributed by atoms with Gasteiger partial charge in [0.05, 0.1) is 7.11 Å². The first kappa shape index (κ1) is 20.5. The van der Waals surface area contributed by atoms with E-state index in [-0.39, 0.29) is 12.6 Å². The van der Waals surface area contributed by atoms with Gasteiger partial charge in [-0.15, -0.1) is 0 Å². The molecule has 4 rings (SSSR count). The molecule has 1 N–H and O–H groups in total.